The highest BCUT2D eigenvalue weighted by Gasteiger charge is 2.08. The van der Waals surface area contributed by atoms with Crippen LogP contribution in [-0.2, 0) is 4.79 Å². The lowest BCUT2D eigenvalue weighted by Crippen LogP contribution is -2.09. The van der Waals surface area contributed by atoms with E-state index in [2.05, 4.69) is 44.9 Å². The van der Waals surface area contributed by atoms with E-state index in [0.29, 0.717) is 6.42 Å². The van der Waals surface area contributed by atoms with Crippen molar-refractivity contribution in [3.8, 4) is 0 Å². The summed E-state index contributed by atoms with van der Waals surface area (Å²) in [5.41, 5.74) is 1.87. The highest BCUT2D eigenvalue weighted by molar-refractivity contribution is 9.10. The summed E-state index contributed by atoms with van der Waals surface area (Å²) >= 11 is 5.19. The summed E-state index contributed by atoms with van der Waals surface area (Å²) in [7, 11) is 0. The first kappa shape index (κ1) is 15.1. The molecule has 0 aliphatic rings. The van der Waals surface area contributed by atoms with Gasteiger partial charge in [-0.25, -0.2) is 0 Å². The fourth-order valence-corrected chi connectivity index (χ4v) is 3.23. The third kappa shape index (κ3) is 4.08. The maximum Gasteiger partial charge on any atom is 0.224 e. The van der Waals surface area contributed by atoms with Crippen LogP contribution in [0.1, 0.15) is 31.2 Å². The van der Waals surface area contributed by atoms with Crippen molar-refractivity contribution in [3.05, 3.63) is 45.1 Å². The Morgan fingerprint density at radius 1 is 1.30 bits per heavy atom. The van der Waals surface area contributed by atoms with Gasteiger partial charge in [-0.15, -0.1) is 11.3 Å². The molecule has 0 fully saturated rings. The highest BCUT2D eigenvalue weighted by atomic mass is 79.9. The van der Waals surface area contributed by atoms with Gasteiger partial charge in [-0.1, -0.05) is 6.92 Å². The van der Waals surface area contributed by atoms with E-state index in [9.17, 15) is 4.79 Å². The smallest absolute Gasteiger partial charge is 0.224 e. The molecule has 106 valence electrons. The predicted molar refractivity (Wildman–Crippen MR) is 89.4 cm³/mol. The maximum atomic E-state index is 11.3. The van der Waals surface area contributed by atoms with Crippen molar-refractivity contribution < 1.29 is 4.79 Å². The van der Waals surface area contributed by atoms with Crippen molar-refractivity contribution in [1.82, 2.24) is 0 Å². The van der Waals surface area contributed by atoms with Gasteiger partial charge in [0.1, 0.15) is 0 Å². The summed E-state index contributed by atoms with van der Waals surface area (Å²) in [6.07, 6.45) is 0.490. The monoisotopic (exact) mass is 352 g/mol. The molecule has 2 aromatic rings. The Kier molecular flexibility index (Phi) is 5.20. The fraction of sp³-hybridized carbons (Fsp3) is 0.267. The average molecular weight is 353 g/mol. The minimum Gasteiger partial charge on any atom is -0.378 e. The summed E-state index contributed by atoms with van der Waals surface area (Å²) in [5.74, 6) is 0.0301. The Hall–Kier alpha value is -1.33. The summed E-state index contributed by atoms with van der Waals surface area (Å²) in [6, 6.07) is 10.1. The Balaban J connectivity index is 1.98. The zero-order valence-electron chi connectivity index (χ0n) is 11.4. The Morgan fingerprint density at radius 2 is 1.95 bits per heavy atom. The SMILES string of the molecule is CCC(=O)Nc1ccc(NC(C)c2cc(Br)cs2)cc1. The molecule has 0 aliphatic carbocycles. The molecule has 1 atom stereocenters. The second-order valence-electron chi connectivity index (χ2n) is 4.51. The number of carbonyl (C=O) groups excluding carboxylic acids is 1. The number of hydrogen-bond acceptors (Lipinski definition) is 3. The van der Waals surface area contributed by atoms with Gasteiger partial charge in [-0.05, 0) is 53.2 Å². The first-order chi connectivity index (χ1) is 9.58. The van der Waals surface area contributed by atoms with E-state index in [4.69, 9.17) is 0 Å². The van der Waals surface area contributed by atoms with Gasteiger partial charge in [0.2, 0.25) is 5.91 Å². The van der Waals surface area contributed by atoms with Crippen molar-refractivity contribution in [3.63, 3.8) is 0 Å². The normalized spacial score (nSPS) is 11.9. The van der Waals surface area contributed by atoms with Crippen molar-refractivity contribution >= 4 is 44.5 Å². The third-order valence-corrected chi connectivity index (χ3v) is 4.76. The zero-order chi connectivity index (χ0) is 14.5. The van der Waals surface area contributed by atoms with Gasteiger partial charge in [-0.3, -0.25) is 4.79 Å². The van der Waals surface area contributed by atoms with Gasteiger partial charge >= 0.3 is 0 Å². The maximum absolute atomic E-state index is 11.3. The molecule has 1 aromatic heterocycles. The first-order valence-corrected chi connectivity index (χ1v) is 8.16. The number of thiophene rings is 1. The summed E-state index contributed by atoms with van der Waals surface area (Å²) < 4.78 is 1.11. The van der Waals surface area contributed by atoms with Crippen LogP contribution in [0.3, 0.4) is 0 Å². The number of rotatable bonds is 5. The highest BCUT2D eigenvalue weighted by Crippen LogP contribution is 2.28. The van der Waals surface area contributed by atoms with Crippen LogP contribution in [0, 0.1) is 0 Å². The second-order valence-corrected chi connectivity index (χ2v) is 6.37. The van der Waals surface area contributed by atoms with Crippen LogP contribution in [0.25, 0.3) is 0 Å². The molecule has 1 aromatic carbocycles. The molecule has 0 saturated carbocycles. The number of hydrogen-bond donors (Lipinski definition) is 2. The third-order valence-electron chi connectivity index (χ3n) is 2.89. The van der Waals surface area contributed by atoms with Crippen LogP contribution in [0.5, 0.6) is 0 Å². The van der Waals surface area contributed by atoms with E-state index in [0.717, 1.165) is 15.8 Å². The largest absolute Gasteiger partial charge is 0.378 e. The van der Waals surface area contributed by atoms with Gasteiger partial charge in [0.05, 0.1) is 6.04 Å². The van der Waals surface area contributed by atoms with E-state index in [1.165, 1.54) is 4.88 Å². The van der Waals surface area contributed by atoms with Gasteiger partial charge in [0.15, 0.2) is 0 Å². The van der Waals surface area contributed by atoms with Gasteiger partial charge < -0.3 is 10.6 Å². The summed E-state index contributed by atoms with van der Waals surface area (Å²) in [6.45, 7) is 3.97. The van der Waals surface area contributed by atoms with E-state index >= 15 is 0 Å². The van der Waals surface area contributed by atoms with E-state index in [-0.39, 0.29) is 11.9 Å². The Labute approximate surface area is 131 Å². The number of amides is 1. The van der Waals surface area contributed by atoms with Crippen molar-refractivity contribution in [1.29, 1.82) is 0 Å². The fourth-order valence-electron chi connectivity index (χ4n) is 1.78. The van der Waals surface area contributed by atoms with Crippen molar-refractivity contribution in [2.75, 3.05) is 10.6 Å². The quantitative estimate of drug-likeness (QED) is 0.791. The van der Waals surface area contributed by atoms with E-state index < -0.39 is 0 Å². The average Bonchev–Trinajstić information content (AvgIpc) is 2.87. The lowest BCUT2D eigenvalue weighted by Gasteiger charge is -2.14. The van der Waals surface area contributed by atoms with Crippen LogP contribution in [0.2, 0.25) is 0 Å². The topological polar surface area (TPSA) is 41.1 Å². The second kappa shape index (κ2) is 6.90. The molecule has 2 N–H and O–H groups in total. The van der Waals surface area contributed by atoms with Crippen LogP contribution >= 0.6 is 27.3 Å². The molecular formula is C15H17BrN2OS. The lowest BCUT2D eigenvalue weighted by molar-refractivity contribution is -0.115. The molecule has 5 heteroatoms. The van der Waals surface area contributed by atoms with Gasteiger partial charge in [0, 0.05) is 32.5 Å². The van der Waals surface area contributed by atoms with E-state index in [1.54, 1.807) is 11.3 Å². The molecule has 0 saturated heterocycles. The molecular weight excluding hydrogens is 336 g/mol. The summed E-state index contributed by atoms with van der Waals surface area (Å²) in [5, 5.41) is 8.36. The van der Waals surface area contributed by atoms with Crippen molar-refractivity contribution in [2.45, 2.75) is 26.3 Å². The Morgan fingerprint density at radius 3 is 2.50 bits per heavy atom. The van der Waals surface area contributed by atoms with Crippen LogP contribution < -0.4 is 10.6 Å². The minimum absolute atomic E-state index is 0.0301. The molecule has 0 bridgehead atoms. The minimum atomic E-state index is 0.0301. The standard InChI is InChI=1S/C15H17BrN2OS/c1-3-15(19)18-13-6-4-12(5-7-13)17-10(2)14-8-11(16)9-20-14/h4-10,17H,3H2,1-2H3,(H,18,19). The molecule has 1 amide bonds. The number of carbonyl (C=O) groups is 1. The van der Waals surface area contributed by atoms with Crippen LogP contribution in [0.4, 0.5) is 11.4 Å². The summed E-state index contributed by atoms with van der Waals surface area (Å²) in [4.78, 5) is 12.6. The number of anilines is 2. The van der Waals surface area contributed by atoms with Crippen LogP contribution in [-0.4, -0.2) is 5.91 Å². The van der Waals surface area contributed by atoms with Gasteiger partial charge in [-0.2, -0.15) is 0 Å². The Bertz CT molecular complexity index is 580. The first-order valence-electron chi connectivity index (χ1n) is 6.49. The predicted octanol–water partition coefficient (Wildman–Crippen LogP) is 5.03. The number of nitrogens with one attached hydrogen (secondary N) is 2. The zero-order valence-corrected chi connectivity index (χ0v) is 13.8. The lowest BCUT2D eigenvalue weighted by atomic mass is 10.2. The van der Waals surface area contributed by atoms with Gasteiger partial charge in [0.25, 0.3) is 0 Å². The molecule has 1 heterocycles. The number of benzene rings is 1. The molecule has 0 spiro atoms. The molecule has 0 radical (unpaired) electrons. The van der Waals surface area contributed by atoms with Crippen molar-refractivity contribution in [2.24, 2.45) is 0 Å². The van der Waals surface area contributed by atoms with Crippen LogP contribution in [0.15, 0.2) is 40.2 Å². The molecule has 3 nitrogen and oxygen atoms in total. The molecule has 1 unspecified atom stereocenters. The molecule has 20 heavy (non-hydrogen) atoms. The molecule has 2 rings (SSSR count). The molecule has 0 aliphatic heterocycles. The van der Waals surface area contributed by atoms with E-state index in [1.807, 2.05) is 31.2 Å². The number of halogens is 1.